The van der Waals surface area contributed by atoms with Gasteiger partial charge in [-0.2, -0.15) is 0 Å². The molecule has 0 heterocycles. The van der Waals surface area contributed by atoms with Gasteiger partial charge in [0.25, 0.3) is 0 Å². The van der Waals surface area contributed by atoms with Crippen molar-refractivity contribution in [2.24, 2.45) is 5.92 Å². The molecule has 0 amide bonds. The first-order chi connectivity index (χ1) is 8.60. The molecule has 0 saturated heterocycles. The van der Waals surface area contributed by atoms with Crippen LogP contribution in [0.15, 0.2) is 18.2 Å². The maximum Gasteiger partial charge on any atom is 0.337 e. The van der Waals surface area contributed by atoms with Crippen molar-refractivity contribution in [3.8, 4) is 0 Å². The third-order valence-electron chi connectivity index (χ3n) is 3.17. The van der Waals surface area contributed by atoms with Crippen molar-refractivity contribution in [2.75, 3.05) is 12.4 Å². The van der Waals surface area contributed by atoms with Crippen LogP contribution in [-0.2, 0) is 4.74 Å². The molecule has 1 N–H and O–H groups in total. The molecule has 1 fully saturated rings. The van der Waals surface area contributed by atoms with Crippen LogP contribution in [0.25, 0.3) is 0 Å². The first kappa shape index (κ1) is 12.9. The number of hydrogen-bond acceptors (Lipinski definition) is 3. The van der Waals surface area contributed by atoms with Crippen molar-refractivity contribution in [2.45, 2.75) is 32.2 Å². The molecular weight excluding hydrogens is 233 g/mol. The van der Waals surface area contributed by atoms with Crippen molar-refractivity contribution < 1.29 is 13.9 Å². The Bertz CT molecular complexity index is 443. The number of carbonyl (C=O) groups excluding carboxylic acids is 1. The molecule has 0 spiro atoms. The highest BCUT2D eigenvalue weighted by Gasteiger charge is 2.24. The van der Waals surface area contributed by atoms with E-state index >= 15 is 0 Å². The van der Waals surface area contributed by atoms with Gasteiger partial charge in [-0.15, -0.1) is 0 Å². The summed E-state index contributed by atoms with van der Waals surface area (Å²) < 4.78 is 18.3. The number of benzene rings is 1. The van der Waals surface area contributed by atoms with Crippen molar-refractivity contribution in [3.05, 3.63) is 29.6 Å². The van der Waals surface area contributed by atoms with Crippen LogP contribution in [0.4, 0.5) is 10.1 Å². The van der Waals surface area contributed by atoms with E-state index in [2.05, 4.69) is 10.1 Å². The number of ether oxygens (including phenoxy) is 1. The molecule has 1 aromatic carbocycles. The first-order valence-corrected chi connectivity index (χ1v) is 6.24. The van der Waals surface area contributed by atoms with Gasteiger partial charge in [-0.1, -0.05) is 12.8 Å². The highest BCUT2D eigenvalue weighted by molar-refractivity contribution is 5.90. The largest absolute Gasteiger partial charge is 0.465 e. The monoisotopic (exact) mass is 251 g/mol. The fourth-order valence-electron chi connectivity index (χ4n) is 2.06. The van der Waals surface area contributed by atoms with E-state index in [1.54, 1.807) is 0 Å². The lowest BCUT2D eigenvalue weighted by atomic mass is 10.1. The molecule has 1 saturated carbocycles. The molecule has 1 unspecified atom stereocenters. The van der Waals surface area contributed by atoms with E-state index in [9.17, 15) is 9.18 Å². The van der Waals surface area contributed by atoms with Gasteiger partial charge in [0.1, 0.15) is 5.82 Å². The van der Waals surface area contributed by atoms with Crippen molar-refractivity contribution >= 4 is 11.7 Å². The number of rotatable bonds is 5. The summed E-state index contributed by atoms with van der Waals surface area (Å²) in [5, 5.41) is 3.12. The van der Waals surface area contributed by atoms with E-state index in [1.165, 1.54) is 38.2 Å². The van der Waals surface area contributed by atoms with Gasteiger partial charge in [0, 0.05) is 6.04 Å². The maximum absolute atomic E-state index is 13.6. The maximum atomic E-state index is 13.6. The number of anilines is 1. The SMILES string of the molecule is COC(=O)c1ccc(F)c(NC(C)CC2CC2)c1. The van der Waals surface area contributed by atoms with Gasteiger partial charge in [0.05, 0.1) is 18.4 Å². The van der Waals surface area contributed by atoms with E-state index in [0.29, 0.717) is 11.3 Å². The molecule has 1 atom stereocenters. The number of methoxy groups -OCH3 is 1. The smallest absolute Gasteiger partial charge is 0.337 e. The van der Waals surface area contributed by atoms with Crippen LogP contribution >= 0.6 is 0 Å². The van der Waals surface area contributed by atoms with Crippen LogP contribution in [0.3, 0.4) is 0 Å². The van der Waals surface area contributed by atoms with Crippen molar-refractivity contribution in [3.63, 3.8) is 0 Å². The second-order valence-electron chi connectivity index (χ2n) is 4.91. The van der Waals surface area contributed by atoms with Crippen LogP contribution in [0.5, 0.6) is 0 Å². The minimum Gasteiger partial charge on any atom is -0.465 e. The first-order valence-electron chi connectivity index (χ1n) is 6.24. The minimum absolute atomic E-state index is 0.208. The Balaban J connectivity index is 2.07. The molecule has 1 aliphatic carbocycles. The normalized spacial score (nSPS) is 16.2. The Kier molecular flexibility index (Phi) is 3.84. The number of halogens is 1. The van der Waals surface area contributed by atoms with Gasteiger partial charge in [0.2, 0.25) is 0 Å². The molecule has 4 heteroatoms. The van der Waals surface area contributed by atoms with Crippen molar-refractivity contribution in [1.29, 1.82) is 0 Å². The van der Waals surface area contributed by atoms with Gasteiger partial charge in [-0.25, -0.2) is 9.18 Å². The number of nitrogens with one attached hydrogen (secondary N) is 1. The quantitative estimate of drug-likeness (QED) is 0.817. The third kappa shape index (κ3) is 3.22. The van der Waals surface area contributed by atoms with E-state index in [1.807, 2.05) is 6.92 Å². The van der Waals surface area contributed by atoms with E-state index in [4.69, 9.17) is 0 Å². The fraction of sp³-hybridized carbons (Fsp3) is 0.500. The topological polar surface area (TPSA) is 38.3 Å². The summed E-state index contributed by atoms with van der Waals surface area (Å²) in [5.41, 5.74) is 0.728. The summed E-state index contributed by atoms with van der Waals surface area (Å²) >= 11 is 0. The predicted molar refractivity (Wildman–Crippen MR) is 68.2 cm³/mol. The zero-order valence-corrected chi connectivity index (χ0v) is 10.7. The van der Waals surface area contributed by atoms with Crippen LogP contribution in [0.1, 0.15) is 36.5 Å². The van der Waals surface area contributed by atoms with E-state index in [0.717, 1.165) is 12.3 Å². The molecule has 98 valence electrons. The Morgan fingerprint density at radius 2 is 2.28 bits per heavy atom. The zero-order valence-electron chi connectivity index (χ0n) is 10.7. The molecule has 2 rings (SSSR count). The summed E-state index contributed by atoms with van der Waals surface area (Å²) in [6, 6.07) is 4.43. The van der Waals surface area contributed by atoms with Crippen LogP contribution < -0.4 is 5.32 Å². The highest BCUT2D eigenvalue weighted by atomic mass is 19.1. The average Bonchev–Trinajstić information content (AvgIpc) is 3.14. The molecular formula is C14H18FNO2. The van der Waals surface area contributed by atoms with Crippen LogP contribution in [0, 0.1) is 11.7 Å². The second kappa shape index (κ2) is 5.38. The van der Waals surface area contributed by atoms with Crippen LogP contribution in [0.2, 0.25) is 0 Å². The molecule has 0 bridgehead atoms. The number of esters is 1. The zero-order chi connectivity index (χ0) is 13.1. The lowest BCUT2D eigenvalue weighted by Gasteiger charge is -2.16. The van der Waals surface area contributed by atoms with E-state index in [-0.39, 0.29) is 11.9 Å². The molecule has 0 aromatic heterocycles. The minimum atomic E-state index is -0.451. The predicted octanol–water partition coefficient (Wildman–Crippen LogP) is 3.21. The number of hydrogen-bond donors (Lipinski definition) is 1. The van der Waals surface area contributed by atoms with Gasteiger partial charge in [-0.3, -0.25) is 0 Å². The van der Waals surface area contributed by atoms with Crippen molar-refractivity contribution in [1.82, 2.24) is 0 Å². The molecule has 1 aromatic rings. The summed E-state index contributed by atoms with van der Waals surface area (Å²) in [6.45, 7) is 2.03. The third-order valence-corrected chi connectivity index (χ3v) is 3.17. The highest BCUT2D eigenvalue weighted by Crippen LogP contribution is 2.34. The Hall–Kier alpha value is -1.58. The average molecular weight is 251 g/mol. The number of carbonyl (C=O) groups is 1. The standard InChI is InChI=1S/C14H18FNO2/c1-9(7-10-3-4-10)16-13-8-11(14(17)18-2)5-6-12(13)15/h5-6,8-10,16H,3-4,7H2,1-2H3. The second-order valence-corrected chi connectivity index (χ2v) is 4.91. The Labute approximate surface area is 106 Å². The van der Waals surface area contributed by atoms with Gasteiger partial charge < -0.3 is 10.1 Å². The Morgan fingerprint density at radius 1 is 1.56 bits per heavy atom. The summed E-state index contributed by atoms with van der Waals surface area (Å²) in [6.07, 6.45) is 3.59. The fourth-order valence-corrected chi connectivity index (χ4v) is 2.06. The van der Waals surface area contributed by atoms with Gasteiger partial charge in [-0.05, 0) is 37.5 Å². The van der Waals surface area contributed by atoms with Crippen LogP contribution in [-0.4, -0.2) is 19.1 Å². The summed E-state index contributed by atoms with van der Waals surface area (Å²) in [5.74, 6) is -0.0162. The van der Waals surface area contributed by atoms with E-state index < -0.39 is 5.97 Å². The molecule has 1 aliphatic rings. The molecule has 0 radical (unpaired) electrons. The van der Waals surface area contributed by atoms with Gasteiger partial charge in [0.15, 0.2) is 0 Å². The molecule has 18 heavy (non-hydrogen) atoms. The summed E-state index contributed by atoms with van der Waals surface area (Å²) in [7, 11) is 1.31. The van der Waals surface area contributed by atoms with Gasteiger partial charge >= 0.3 is 5.97 Å². The lowest BCUT2D eigenvalue weighted by molar-refractivity contribution is 0.0600. The molecule has 3 nitrogen and oxygen atoms in total. The summed E-state index contributed by atoms with van der Waals surface area (Å²) in [4.78, 5) is 11.4. The molecule has 0 aliphatic heterocycles. The Morgan fingerprint density at radius 3 is 2.89 bits per heavy atom. The lowest BCUT2D eigenvalue weighted by Crippen LogP contribution is -2.17.